The van der Waals surface area contributed by atoms with Crippen molar-refractivity contribution in [2.75, 3.05) is 0 Å². The number of fused-ring (bicyclic) bond motifs is 13. The molecular formula is C59H56. The summed E-state index contributed by atoms with van der Waals surface area (Å²) < 4.78 is 0. The van der Waals surface area contributed by atoms with E-state index in [0.717, 1.165) is 19.3 Å². The lowest BCUT2D eigenvalue weighted by molar-refractivity contribution is 0.520. The Morgan fingerprint density at radius 3 is 2.15 bits per heavy atom. The van der Waals surface area contributed by atoms with Crippen LogP contribution in [0.3, 0.4) is 0 Å². The summed E-state index contributed by atoms with van der Waals surface area (Å²) in [7, 11) is 0. The highest BCUT2D eigenvalue weighted by Gasteiger charge is 2.35. The fraction of sp³-hybridized carbons (Fsp3) is 0.220. The van der Waals surface area contributed by atoms with E-state index in [-0.39, 0.29) is 18.3 Å². The highest BCUT2D eigenvalue weighted by Crippen LogP contribution is 2.53. The van der Waals surface area contributed by atoms with Gasteiger partial charge in [0.25, 0.3) is 0 Å². The van der Waals surface area contributed by atoms with Crippen LogP contribution >= 0.6 is 0 Å². The molecule has 2 bridgehead atoms. The van der Waals surface area contributed by atoms with E-state index in [2.05, 4.69) is 194 Å². The number of rotatable bonds is 4. The van der Waals surface area contributed by atoms with Crippen molar-refractivity contribution in [2.45, 2.75) is 73.6 Å². The van der Waals surface area contributed by atoms with E-state index in [0.29, 0.717) is 5.92 Å². The topological polar surface area (TPSA) is 0 Å². The molecule has 1 atom stereocenters. The molecule has 292 valence electrons. The zero-order valence-corrected chi connectivity index (χ0v) is 34.8. The Kier molecular flexibility index (Phi) is 9.40. The second-order valence-electron chi connectivity index (χ2n) is 18.9. The number of benzene rings is 6. The summed E-state index contributed by atoms with van der Waals surface area (Å²) in [4.78, 5) is 0. The lowest BCUT2D eigenvalue weighted by Crippen LogP contribution is -2.13. The standard InChI is InChI=1S/C58H52.CH4/c1-8-9-21-41(57(2,3)4)29-39-24-26-42(58(5,6)7)31-46(39)54-35-51-43(52-32-47-37-17-13-11-10-12-14-18-38(28-37)48(47)33-55(52)54)27-25-40-30-50-44-22-15-19-36-20-16-23-45(56(36)44)53(50)34-49(40)51;/h8-9,11-27,29-31,33-35,47H,1,10,28,32H2,2-7H3;1H4/b13-11-,14-12-,21-9-,37-17+,38-18+,41-29+;. The average molecular weight is 765 g/mol. The fourth-order valence-electron chi connectivity index (χ4n) is 10.0. The van der Waals surface area contributed by atoms with Crippen molar-refractivity contribution >= 4 is 44.5 Å². The summed E-state index contributed by atoms with van der Waals surface area (Å²) in [5, 5.41) is 8.03. The molecule has 6 aromatic carbocycles. The van der Waals surface area contributed by atoms with E-state index in [1.54, 1.807) is 0 Å². The summed E-state index contributed by atoms with van der Waals surface area (Å²) in [6.07, 6.45) is 28.1. The zero-order valence-electron chi connectivity index (χ0n) is 34.8. The molecule has 0 heterocycles. The molecule has 0 aromatic heterocycles. The van der Waals surface area contributed by atoms with Crippen molar-refractivity contribution in [3.63, 3.8) is 0 Å². The third-order valence-corrected chi connectivity index (χ3v) is 13.2. The number of hydrogen-bond acceptors (Lipinski definition) is 0. The molecule has 1 fully saturated rings. The molecule has 10 rings (SSSR count). The summed E-state index contributed by atoms with van der Waals surface area (Å²) in [5.74, 6) is 0.368. The van der Waals surface area contributed by atoms with E-state index in [4.69, 9.17) is 0 Å². The SMILES string of the molecule is C.C=C/C=C\C(=C/c1ccc(C(C)(C)C)cc1-c1cc2c(ccc3cc4c(cc32)-c2cccc3cccc-4c23)c2c1C=C1/C3=C/C=C\C/C=C\C=C(/C3)C1C2)C(C)(C)C. The van der Waals surface area contributed by atoms with E-state index >= 15 is 0 Å². The molecule has 0 amide bonds. The van der Waals surface area contributed by atoms with Crippen molar-refractivity contribution in [3.05, 3.63) is 191 Å². The Hall–Kier alpha value is -5.98. The lowest BCUT2D eigenvalue weighted by atomic mass is 9.75. The van der Waals surface area contributed by atoms with E-state index in [9.17, 15) is 0 Å². The molecule has 1 saturated carbocycles. The first kappa shape index (κ1) is 38.5. The zero-order chi connectivity index (χ0) is 39.9. The summed E-state index contributed by atoms with van der Waals surface area (Å²) in [6, 6.07) is 33.1. The maximum atomic E-state index is 4.01. The first-order chi connectivity index (χ1) is 28.0. The molecule has 0 aliphatic heterocycles. The Balaban J connectivity index is 0.00000449. The molecule has 0 radical (unpaired) electrons. The molecule has 0 saturated heterocycles. The van der Waals surface area contributed by atoms with Crippen LogP contribution in [0.5, 0.6) is 0 Å². The molecule has 1 unspecified atom stereocenters. The molecule has 59 heavy (non-hydrogen) atoms. The number of hydrogen-bond donors (Lipinski definition) is 0. The van der Waals surface area contributed by atoms with Gasteiger partial charge < -0.3 is 0 Å². The van der Waals surface area contributed by atoms with Gasteiger partial charge in [0.05, 0.1) is 0 Å². The van der Waals surface area contributed by atoms with Crippen LogP contribution in [0.4, 0.5) is 0 Å². The maximum Gasteiger partial charge on any atom is 0.00985 e. The summed E-state index contributed by atoms with van der Waals surface area (Å²) >= 11 is 0. The van der Waals surface area contributed by atoms with E-state index in [1.807, 2.05) is 6.08 Å². The molecular weight excluding hydrogens is 709 g/mol. The Bertz CT molecular complexity index is 2970. The van der Waals surface area contributed by atoms with Gasteiger partial charge in [0.2, 0.25) is 0 Å². The minimum atomic E-state index is -0.0492. The van der Waals surface area contributed by atoms with Crippen molar-refractivity contribution in [1.29, 1.82) is 0 Å². The molecule has 4 aliphatic rings. The molecule has 0 spiro atoms. The highest BCUT2D eigenvalue weighted by atomic mass is 14.4. The van der Waals surface area contributed by atoms with Gasteiger partial charge in [-0.3, -0.25) is 0 Å². The van der Waals surface area contributed by atoms with Gasteiger partial charge in [-0.05, 0) is 159 Å². The van der Waals surface area contributed by atoms with Gasteiger partial charge in [-0.1, -0.05) is 189 Å². The Morgan fingerprint density at radius 1 is 0.695 bits per heavy atom. The van der Waals surface area contributed by atoms with Gasteiger partial charge in [-0.15, -0.1) is 0 Å². The predicted octanol–water partition coefficient (Wildman–Crippen LogP) is 16.9. The fourth-order valence-corrected chi connectivity index (χ4v) is 10.0. The predicted molar refractivity (Wildman–Crippen MR) is 260 cm³/mol. The van der Waals surface area contributed by atoms with Gasteiger partial charge in [0.15, 0.2) is 0 Å². The van der Waals surface area contributed by atoms with Crippen LogP contribution in [0.15, 0.2) is 168 Å². The van der Waals surface area contributed by atoms with E-state index < -0.39 is 0 Å². The van der Waals surface area contributed by atoms with Crippen molar-refractivity contribution in [3.8, 4) is 33.4 Å². The van der Waals surface area contributed by atoms with Crippen LogP contribution in [-0.2, 0) is 11.8 Å². The first-order valence-corrected chi connectivity index (χ1v) is 21.2. The van der Waals surface area contributed by atoms with Crippen LogP contribution in [0.1, 0.15) is 84.1 Å². The second-order valence-corrected chi connectivity index (χ2v) is 18.9. The van der Waals surface area contributed by atoms with E-state index in [1.165, 1.54) is 110 Å². The Morgan fingerprint density at radius 2 is 1.42 bits per heavy atom. The lowest BCUT2D eigenvalue weighted by Gasteiger charge is -2.28. The van der Waals surface area contributed by atoms with Crippen molar-refractivity contribution < 1.29 is 0 Å². The average Bonchev–Trinajstić information content (AvgIpc) is 3.70. The van der Waals surface area contributed by atoms with Crippen LogP contribution < -0.4 is 0 Å². The Labute approximate surface area is 352 Å². The minimum Gasteiger partial charge on any atom is -0.0991 e. The smallest absolute Gasteiger partial charge is 0.00985 e. The summed E-state index contributed by atoms with van der Waals surface area (Å²) in [6.45, 7) is 17.9. The monoisotopic (exact) mass is 764 g/mol. The molecule has 4 aliphatic carbocycles. The van der Waals surface area contributed by atoms with Crippen molar-refractivity contribution in [1.82, 2.24) is 0 Å². The highest BCUT2D eigenvalue weighted by molar-refractivity contribution is 6.20. The second kappa shape index (κ2) is 14.4. The van der Waals surface area contributed by atoms with Gasteiger partial charge in [-0.2, -0.15) is 0 Å². The minimum absolute atomic E-state index is 0. The van der Waals surface area contributed by atoms with Crippen LogP contribution in [0.25, 0.3) is 77.9 Å². The maximum absolute atomic E-state index is 4.01. The van der Waals surface area contributed by atoms with Crippen LogP contribution in [0, 0.1) is 11.3 Å². The number of allylic oxidation sites excluding steroid dienone is 13. The summed E-state index contributed by atoms with van der Waals surface area (Å²) in [5.41, 5.74) is 19.1. The molecule has 0 nitrogen and oxygen atoms in total. The largest absolute Gasteiger partial charge is 0.0991 e. The van der Waals surface area contributed by atoms with Crippen molar-refractivity contribution in [2.24, 2.45) is 11.3 Å². The third kappa shape index (κ3) is 6.45. The van der Waals surface area contributed by atoms with Crippen LogP contribution in [-0.4, -0.2) is 0 Å². The van der Waals surface area contributed by atoms with Gasteiger partial charge in [-0.25, -0.2) is 0 Å². The quantitative estimate of drug-likeness (QED) is 0.124. The normalized spacial score (nSPS) is 19.9. The van der Waals surface area contributed by atoms with Gasteiger partial charge in [0.1, 0.15) is 0 Å². The molecule has 6 aromatic rings. The van der Waals surface area contributed by atoms with Gasteiger partial charge in [0, 0.05) is 5.92 Å². The van der Waals surface area contributed by atoms with Crippen LogP contribution in [0.2, 0.25) is 0 Å². The van der Waals surface area contributed by atoms with Gasteiger partial charge >= 0.3 is 0 Å². The molecule has 0 heteroatoms. The first-order valence-electron chi connectivity index (χ1n) is 21.2. The third-order valence-electron chi connectivity index (χ3n) is 13.2. The molecule has 0 N–H and O–H groups in total.